The van der Waals surface area contributed by atoms with Gasteiger partial charge in [-0.1, -0.05) is 60.1 Å². The highest BCUT2D eigenvalue weighted by Crippen LogP contribution is 2.76. The fraction of sp³-hybridized carbons (Fsp3) is 0.936. The highest BCUT2D eigenvalue weighted by Gasteiger charge is 2.70. The lowest BCUT2D eigenvalue weighted by atomic mass is 9.33. The smallest absolute Gasteiger partial charge is 0.310 e. The summed E-state index contributed by atoms with van der Waals surface area (Å²) in [5.41, 5.74) is 0.124. The summed E-state index contributed by atoms with van der Waals surface area (Å²) in [6.07, 6.45) is -10.7. The lowest BCUT2D eigenvalue weighted by Gasteiger charge is -2.71. The fourth-order valence-electron chi connectivity index (χ4n) is 14.8. The van der Waals surface area contributed by atoms with Crippen molar-refractivity contribution in [1.29, 1.82) is 0 Å². The largest absolute Gasteiger partial charge is 0.481 e. The standard InChI is InChI=1S/C47H76O16/c1-22-30(50)33(53)35(55)38(59-22)62-37-34(54)32(52)26(20-48)60-40(37)63-36-31(51)25(49)21-58-39(36)61-29-12-13-44(6)27(43(29,4)5)11-14-46(8)28(44)10-9-23-24-19-42(2,3)15-17-47(24,41(56)57)18-16-45(23,46)7/h9,22,24-40,48-55H,10-21H2,1-8H3,(H,56,57)/t22-,24?,25-,26+,27?,28?,29?,30-,31-,32+,33+,34-,35+,36+,37+,38-,39-,40-,44?,45?,46?,47?/m0/s1. The molecule has 0 aromatic carbocycles. The molecule has 4 saturated carbocycles. The molecule has 8 rings (SSSR count). The number of aliphatic hydroxyl groups excluding tert-OH is 8. The lowest BCUT2D eigenvalue weighted by Crippen LogP contribution is -2.67. The molecular weight excluding hydrogens is 821 g/mol. The van der Waals surface area contributed by atoms with Gasteiger partial charge in [0.15, 0.2) is 18.9 Å². The maximum absolute atomic E-state index is 13.1. The van der Waals surface area contributed by atoms with Gasteiger partial charge >= 0.3 is 5.97 Å². The van der Waals surface area contributed by atoms with E-state index >= 15 is 0 Å². The van der Waals surface area contributed by atoms with Gasteiger partial charge in [-0.3, -0.25) is 4.79 Å². The first-order chi connectivity index (χ1) is 29.4. The number of hydrogen-bond acceptors (Lipinski definition) is 15. The number of hydrogen-bond donors (Lipinski definition) is 9. The van der Waals surface area contributed by atoms with Crippen LogP contribution in [0.25, 0.3) is 0 Å². The number of ether oxygens (including phenoxy) is 6. The van der Waals surface area contributed by atoms with Crippen LogP contribution in [0.5, 0.6) is 0 Å². The Morgan fingerprint density at radius 2 is 1.38 bits per heavy atom. The van der Waals surface area contributed by atoms with Crippen LogP contribution in [0, 0.1) is 50.2 Å². The number of rotatable bonds is 8. The maximum Gasteiger partial charge on any atom is 0.310 e. The summed E-state index contributed by atoms with van der Waals surface area (Å²) in [7, 11) is 0. The Labute approximate surface area is 371 Å². The molecule has 0 bridgehead atoms. The van der Waals surface area contributed by atoms with Gasteiger partial charge in [-0.15, -0.1) is 0 Å². The van der Waals surface area contributed by atoms with E-state index in [1.165, 1.54) is 12.5 Å². The van der Waals surface area contributed by atoms with E-state index in [0.29, 0.717) is 18.8 Å². The SMILES string of the molecule is C[C@@H]1O[C@@H](O[C@H]2[C@H](O[C@H]3[C@H](OC4CCC5(C)C(CCC6(C)C5CC=C5C7CC(C)(C)CCC7(C(=O)O)CCC56C)C4(C)C)OC[C@H](O)[C@@H]3O)O[C@H](CO)[C@@H](O)[C@@H]2O)[C@H](O)[C@H](O)[C@H]1O. The Bertz CT molecular complexity index is 1720. The van der Waals surface area contributed by atoms with Crippen LogP contribution in [-0.4, -0.2) is 157 Å². The predicted molar refractivity (Wildman–Crippen MR) is 223 cm³/mol. The van der Waals surface area contributed by atoms with Gasteiger partial charge in [0, 0.05) is 0 Å². The molecule has 9 N–H and O–H groups in total. The second kappa shape index (κ2) is 16.7. The Morgan fingerprint density at radius 3 is 2.06 bits per heavy atom. The van der Waals surface area contributed by atoms with Crippen molar-refractivity contribution in [3.8, 4) is 0 Å². The van der Waals surface area contributed by atoms with Crippen molar-refractivity contribution in [2.75, 3.05) is 13.2 Å². The highest BCUT2D eigenvalue weighted by molar-refractivity contribution is 5.76. The van der Waals surface area contributed by atoms with E-state index in [1.807, 2.05) is 0 Å². The number of carbonyl (C=O) groups is 1. The second-order valence-electron chi connectivity index (χ2n) is 23.0. The molecule has 3 aliphatic heterocycles. The molecule has 3 heterocycles. The van der Waals surface area contributed by atoms with Crippen molar-refractivity contribution in [2.24, 2.45) is 50.2 Å². The number of carboxylic acids is 1. The van der Waals surface area contributed by atoms with Crippen molar-refractivity contribution in [2.45, 2.75) is 212 Å². The van der Waals surface area contributed by atoms with Crippen LogP contribution in [-0.2, 0) is 33.2 Å². The van der Waals surface area contributed by atoms with E-state index in [-0.39, 0.29) is 46.2 Å². The molecule has 7 fully saturated rings. The van der Waals surface area contributed by atoms with E-state index < -0.39 is 109 Å². The molecule has 16 nitrogen and oxygen atoms in total. The van der Waals surface area contributed by atoms with Crippen LogP contribution in [0.15, 0.2) is 11.6 Å². The topological polar surface area (TPSA) is 255 Å². The lowest BCUT2D eigenvalue weighted by molar-refractivity contribution is -0.392. The molecule has 0 aromatic rings. The van der Waals surface area contributed by atoms with Gasteiger partial charge in [-0.25, -0.2) is 0 Å². The number of aliphatic hydroxyl groups is 8. The Balaban J connectivity index is 1.03. The van der Waals surface area contributed by atoms with Crippen LogP contribution in [0.3, 0.4) is 0 Å². The van der Waals surface area contributed by atoms with Crippen LogP contribution in [0.1, 0.15) is 120 Å². The summed E-state index contributed by atoms with van der Waals surface area (Å²) >= 11 is 0. The van der Waals surface area contributed by atoms with Gasteiger partial charge in [-0.2, -0.15) is 0 Å². The molecule has 0 aromatic heterocycles. The summed E-state index contributed by atoms with van der Waals surface area (Å²) in [4.78, 5) is 13.1. The van der Waals surface area contributed by atoms with Gasteiger partial charge in [0.1, 0.15) is 61.0 Å². The average Bonchev–Trinajstić information content (AvgIpc) is 3.21. The summed E-state index contributed by atoms with van der Waals surface area (Å²) in [5, 5.41) is 96.7. The zero-order chi connectivity index (χ0) is 46.0. The van der Waals surface area contributed by atoms with Crippen LogP contribution in [0.2, 0.25) is 0 Å². The van der Waals surface area contributed by atoms with Gasteiger partial charge < -0.3 is 74.4 Å². The monoisotopic (exact) mass is 897 g/mol. The highest BCUT2D eigenvalue weighted by atomic mass is 16.8. The minimum absolute atomic E-state index is 0.0300. The molecule has 0 amide bonds. The van der Waals surface area contributed by atoms with Crippen LogP contribution >= 0.6 is 0 Å². The molecule has 16 heteroatoms. The zero-order valence-corrected chi connectivity index (χ0v) is 38.3. The summed E-state index contributed by atoms with van der Waals surface area (Å²) in [6, 6.07) is 0. The molecule has 0 radical (unpaired) electrons. The maximum atomic E-state index is 13.1. The summed E-state index contributed by atoms with van der Waals surface area (Å²) in [6.45, 7) is 16.9. The number of aliphatic carboxylic acids is 1. The third-order valence-electron chi connectivity index (χ3n) is 18.9. The Hall–Kier alpha value is -1.35. The van der Waals surface area contributed by atoms with E-state index in [2.05, 4.69) is 54.5 Å². The molecule has 3 saturated heterocycles. The quantitative estimate of drug-likeness (QED) is 0.125. The molecule has 8 aliphatic rings. The normalized spacial score (nSPS) is 54.1. The third-order valence-corrected chi connectivity index (χ3v) is 18.9. The number of allylic oxidation sites excluding steroid dienone is 2. The summed E-state index contributed by atoms with van der Waals surface area (Å²) in [5.74, 6) is -0.0241. The van der Waals surface area contributed by atoms with E-state index in [0.717, 1.165) is 51.4 Å². The van der Waals surface area contributed by atoms with Crippen LogP contribution < -0.4 is 0 Å². The first kappa shape index (κ1) is 48.1. The molecule has 5 aliphatic carbocycles. The molecule has 360 valence electrons. The van der Waals surface area contributed by atoms with Crippen molar-refractivity contribution < 1.29 is 79.2 Å². The molecular formula is C47H76O16. The van der Waals surface area contributed by atoms with Gasteiger partial charge in [0.05, 0.1) is 30.8 Å². The Kier molecular flexibility index (Phi) is 12.8. The van der Waals surface area contributed by atoms with E-state index in [9.17, 15) is 50.8 Å². The zero-order valence-electron chi connectivity index (χ0n) is 38.3. The predicted octanol–water partition coefficient (Wildman–Crippen LogP) is 2.37. The minimum atomic E-state index is -1.79. The third kappa shape index (κ3) is 7.51. The minimum Gasteiger partial charge on any atom is -0.481 e. The molecule has 0 spiro atoms. The van der Waals surface area contributed by atoms with Gasteiger partial charge in [0.25, 0.3) is 0 Å². The van der Waals surface area contributed by atoms with E-state index in [4.69, 9.17) is 28.4 Å². The summed E-state index contributed by atoms with van der Waals surface area (Å²) < 4.78 is 36.7. The second-order valence-corrected chi connectivity index (χ2v) is 23.0. The van der Waals surface area contributed by atoms with Crippen LogP contribution in [0.4, 0.5) is 0 Å². The Morgan fingerprint density at radius 1 is 0.714 bits per heavy atom. The first-order valence-electron chi connectivity index (χ1n) is 23.6. The van der Waals surface area contributed by atoms with Crippen molar-refractivity contribution in [3.05, 3.63) is 11.6 Å². The average molecular weight is 897 g/mol. The van der Waals surface area contributed by atoms with E-state index in [1.54, 1.807) is 0 Å². The molecule has 8 unspecified atom stereocenters. The molecule has 63 heavy (non-hydrogen) atoms. The fourth-order valence-corrected chi connectivity index (χ4v) is 14.8. The van der Waals surface area contributed by atoms with Crippen molar-refractivity contribution >= 4 is 5.97 Å². The van der Waals surface area contributed by atoms with Gasteiger partial charge in [-0.05, 0) is 116 Å². The molecule has 22 atom stereocenters. The number of carboxylic acid groups (broad SMARTS) is 1. The van der Waals surface area contributed by atoms with Crippen molar-refractivity contribution in [3.63, 3.8) is 0 Å². The first-order valence-corrected chi connectivity index (χ1v) is 23.6. The van der Waals surface area contributed by atoms with Gasteiger partial charge in [0.2, 0.25) is 0 Å². The number of fused-ring (bicyclic) bond motifs is 7. The van der Waals surface area contributed by atoms with Crippen molar-refractivity contribution in [1.82, 2.24) is 0 Å².